The van der Waals surface area contributed by atoms with Crippen LogP contribution in [0.3, 0.4) is 0 Å². The largest absolute Gasteiger partial charge is 0.547 e. The number of carbonyl (C=O) groups is 1. The van der Waals surface area contributed by atoms with Crippen molar-refractivity contribution in [1.82, 2.24) is 10.3 Å². The van der Waals surface area contributed by atoms with Gasteiger partial charge in [0, 0.05) is 10.4 Å². The molecule has 1 amide bonds. The van der Waals surface area contributed by atoms with Gasteiger partial charge in [-0.25, -0.2) is 4.98 Å². The first-order valence-corrected chi connectivity index (χ1v) is 8.53. The number of nitrogen functional groups attached to an aromatic ring is 1. The molecule has 25 heavy (non-hydrogen) atoms. The molecule has 5 N–H and O–H groups in total. The van der Waals surface area contributed by atoms with Crippen LogP contribution >= 0.6 is 22.9 Å². The monoisotopic (exact) mass is 380 g/mol. The predicted molar refractivity (Wildman–Crippen MR) is 95.3 cm³/mol. The maximum absolute atomic E-state index is 12.4. The zero-order valence-electron chi connectivity index (χ0n) is 13.1. The van der Waals surface area contributed by atoms with Gasteiger partial charge in [-0.1, -0.05) is 16.8 Å². The topological polar surface area (TPSA) is 130 Å². The molecular formula is C14H14BClN4O4S. The van der Waals surface area contributed by atoms with Crippen molar-refractivity contribution in [2.45, 2.75) is 19.3 Å². The summed E-state index contributed by atoms with van der Waals surface area (Å²) in [5.74, 6) is -0.904. The lowest BCUT2D eigenvalue weighted by Gasteiger charge is -2.29. The van der Waals surface area contributed by atoms with E-state index in [1.54, 1.807) is 12.1 Å². The average Bonchev–Trinajstić information content (AvgIpc) is 2.96. The molecule has 1 aromatic carbocycles. The number of fused-ring (bicyclic) bond motifs is 1. The number of amides is 1. The van der Waals surface area contributed by atoms with Crippen LogP contribution in [0.15, 0.2) is 22.7 Å². The van der Waals surface area contributed by atoms with Gasteiger partial charge in [-0.2, -0.15) is 0 Å². The van der Waals surface area contributed by atoms with E-state index in [2.05, 4.69) is 15.5 Å². The van der Waals surface area contributed by atoms with Gasteiger partial charge in [0.05, 0.1) is 5.94 Å². The molecule has 11 heteroatoms. The summed E-state index contributed by atoms with van der Waals surface area (Å²) < 4.78 is 5.50. The maximum atomic E-state index is 12.4. The Morgan fingerprint density at radius 3 is 3.00 bits per heavy atom. The van der Waals surface area contributed by atoms with Gasteiger partial charge in [-0.15, -0.1) is 11.3 Å². The second kappa shape index (κ2) is 6.91. The van der Waals surface area contributed by atoms with Crippen LogP contribution in [0.25, 0.3) is 0 Å². The number of hydrogen-bond acceptors (Lipinski definition) is 8. The minimum atomic E-state index is -1.25. The Labute approximate surface area is 152 Å². The van der Waals surface area contributed by atoms with E-state index in [-0.39, 0.29) is 16.5 Å². The summed E-state index contributed by atoms with van der Waals surface area (Å²) in [6.45, 7) is 1.82. The second-order valence-electron chi connectivity index (χ2n) is 5.52. The van der Waals surface area contributed by atoms with Gasteiger partial charge in [-0.3, -0.25) is 4.79 Å². The Morgan fingerprint density at radius 2 is 2.36 bits per heavy atom. The summed E-state index contributed by atoms with van der Waals surface area (Å²) in [4.78, 5) is 16.3. The smallest absolute Gasteiger partial charge is 0.534 e. The second-order valence-corrected chi connectivity index (χ2v) is 6.85. The lowest BCUT2D eigenvalue weighted by molar-refractivity contribution is -0.115. The molecule has 0 radical (unpaired) electrons. The number of aryl methyl sites for hydroxylation is 1. The fourth-order valence-corrected chi connectivity index (χ4v) is 3.47. The molecule has 0 bridgehead atoms. The van der Waals surface area contributed by atoms with Crippen molar-refractivity contribution in [3.05, 3.63) is 39.4 Å². The number of oxime groups is 1. The molecule has 0 saturated carbocycles. The summed E-state index contributed by atoms with van der Waals surface area (Å²) in [6.07, 6.45) is 0.307. The van der Waals surface area contributed by atoms with Crippen LogP contribution in [0.2, 0.25) is 5.02 Å². The van der Waals surface area contributed by atoms with Crippen molar-refractivity contribution in [3.8, 4) is 5.75 Å². The minimum absolute atomic E-state index is 0.146. The molecule has 0 fully saturated rings. The van der Waals surface area contributed by atoms with Gasteiger partial charge in [0.15, 0.2) is 10.8 Å². The van der Waals surface area contributed by atoms with Crippen LogP contribution in [0.5, 0.6) is 5.75 Å². The SMILES string of the molecule is Cc1cc(Cl)cc2c1OB(O)[C@@H](NC(=O)/C(=N\O)c1csc(N)n1)C2. The highest BCUT2D eigenvalue weighted by molar-refractivity contribution is 7.13. The van der Waals surface area contributed by atoms with Gasteiger partial charge in [-0.05, 0) is 36.6 Å². The van der Waals surface area contributed by atoms with Crippen molar-refractivity contribution >= 4 is 46.8 Å². The van der Waals surface area contributed by atoms with Crippen LogP contribution in [0.1, 0.15) is 16.8 Å². The van der Waals surface area contributed by atoms with Crippen LogP contribution in [-0.4, -0.2) is 39.9 Å². The third-order valence-corrected chi connectivity index (χ3v) is 4.63. The number of aromatic nitrogens is 1. The Bertz CT molecular complexity index is 859. The lowest BCUT2D eigenvalue weighted by atomic mass is 9.72. The Hall–Kier alpha value is -2.30. The van der Waals surface area contributed by atoms with E-state index >= 15 is 0 Å². The lowest BCUT2D eigenvalue weighted by Crippen LogP contribution is -2.54. The number of nitrogens with zero attached hydrogens (tertiary/aromatic N) is 2. The molecule has 1 atom stereocenters. The number of halogens is 1. The zero-order valence-corrected chi connectivity index (χ0v) is 14.6. The van der Waals surface area contributed by atoms with Crippen molar-refractivity contribution in [2.24, 2.45) is 5.16 Å². The average molecular weight is 381 g/mol. The van der Waals surface area contributed by atoms with E-state index < -0.39 is 19.0 Å². The number of carbonyl (C=O) groups excluding carboxylic acids is 1. The number of thiazole rings is 1. The third kappa shape index (κ3) is 3.55. The van der Waals surface area contributed by atoms with Crippen molar-refractivity contribution < 1.29 is 19.7 Å². The van der Waals surface area contributed by atoms with E-state index in [9.17, 15) is 9.82 Å². The highest BCUT2D eigenvalue weighted by Crippen LogP contribution is 2.32. The maximum Gasteiger partial charge on any atom is 0.547 e. The first-order chi connectivity index (χ1) is 11.9. The van der Waals surface area contributed by atoms with Crippen molar-refractivity contribution in [3.63, 3.8) is 0 Å². The molecule has 3 rings (SSSR count). The standard InChI is InChI=1S/C14H14BClN4O4S/c1-6-2-8(16)3-7-4-10(15(22)24-12(6)7)19-13(21)11(20-23)9-5-25-14(17)18-9/h2-3,5,10,22-23H,4H2,1H3,(H2,17,18)(H,19,21)/b20-11-/t10-/m0/s1. The Kier molecular flexibility index (Phi) is 4.84. The number of anilines is 1. The van der Waals surface area contributed by atoms with E-state index in [4.69, 9.17) is 27.2 Å². The molecule has 0 spiro atoms. The summed E-state index contributed by atoms with van der Waals surface area (Å²) >= 11 is 7.16. The molecule has 2 aromatic rings. The molecule has 1 aromatic heterocycles. The van der Waals surface area contributed by atoms with Crippen LogP contribution in [0.4, 0.5) is 5.13 Å². The van der Waals surface area contributed by atoms with Gasteiger partial charge >= 0.3 is 7.12 Å². The van der Waals surface area contributed by atoms with E-state index in [1.807, 2.05) is 6.92 Å². The molecule has 0 saturated heterocycles. The highest BCUT2D eigenvalue weighted by Gasteiger charge is 2.37. The molecule has 0 unspecified atom stereocenters. The summed E-state index contributed by atoms with van der Waals surface area (Å²) in [5.41, 5.74) is 6.93. The Morgan fingerprint density at radius 1 is 1.60 bits per heavy atom. The van der Waals surface area contributed by atoms with E-state index in [0.29, 0.717) is 17.2 Å². The number of nitrogens with two attached hydrogens (primary N) is 1. The molecule has 130 valence electrons. The van der Waals surface area contributed by atoms with Gasteiger partial charge < -0.3 is 25.9 Å². The quantitative estimate of drug-likeness (QED) is 0.272. The number of benzene rings is 1. The summed E-state index contributed by atoms with van der Waals surface area (Å²) in [7, 11) is -1.25. The van der Waals surface area contributed by atoms with Crippen LogP contribution in [-0.2, 0) is 11.2 Å². The number of hydrogen-bond donors (Lipinski definition) is 4. The number of nitrogens with one attached hydrogen (secondary N) is 1. The van der Waals surface area contributed by atoms with Crippen LogP contribution in [0, 0.1) is 6.92 Å². The third-order valence-electron chi connectivity index (χ3n) is 3.74. The first-order valence-electron chi connectivity index (χ1n) is 7.27. The fraction of sp³-hybridized carbons (Fsp3) is 0.214. The minimum Gasteiger partial charge on any atom is -0.534 e. The molecule has 1 aliphatic rings. The number of rotatable bonds is 3. The Balaban J connectivity index is 1.79. The van der Waals surface area contributed by atoms with Crippen molar-refractivity contribution in [2.75, 3.05) is 5.73 Å². The summed E-state index contributed by atoms with van der Waals surface area (Å²) in [5, 5.41) is 27.1. The molecule has 8 nitrogen and oxygen atoms in total. The highest BCUT2D eigenvalue weighted by atomic mass is 35.5. The van der Waals surface area contributed by atoms with E-state index in [0.717, 1.165) is 22.5 Å². The fourth-order valence-electron chi connectivity index (χ4n) is 2.63. The molecule has 1 aliphatic heterocycles. The van der Waals surface area contributed by atoms with Gasteiger partial charge in [0.25, 0.3) is 5.91 Å². The van der Waals surface area contributed by atoms with Gasteiger partial charge in [0.1, 0.15) is 11.4 Å². The van der Waals surface area contributed by atoms with E-state index in [1.165, 1.54) is 5.38 Å². The zero-order chi connectivity index (χ0) is 18.1. The van der Waals surface area contributed by atoms with Crippen LogP contribution < -0.4 is 15.7 Å². The summed E-state index contributed by atoms with van der Waals surface area (Å²) in [6, 6.07) is 3.45. The molecule has 0 aliphatic carbocycles. The predicted octanol–water partition coefficient (Wildman–Crippen LogP) is 1.01. The molecule has 2 heterocycles. The first kappa shape index (κ1) is 17.5. The van der Waals surface area contributed by atoms with Crippen molar-refractivity contribution in [1.29, 1.82) is 0 Å². The molecular weight excluding hydrogens is 367 g/mol. The van der Waals surface area contributed by atoms with Gasteiger partial charge in [0.2, 0.25) is 0 Å². The normalized spacial score (nSPS) is 17.0.